The monoisotopic (exact) mass is 162 g/mol. The van der Waals surface area contributed by atoms with Crippen LogP contribution in [0.3, 0.4) is 0 Å². The molecule has 0 bridgehead atoms. The Morgan fingerprint density at radius 2 is 2.45 bits per heavy atom. The molecule has 1 aliphatic rings. The number of aryl methyl sites for hydroxylation is 1. The second-order valence-electron chi connectivity index (χ2n) is 2.97. The summed E-state index contributed by atoms with van der Waals surface area (Å²) in [5.74, 6) is 0. The first kappa shape index (κ1) is 7.17. The number of carbonyl (C=O) groups excluding carboxylic acids is 1. The number of carbonyl (C=O) groups is 1. The molecular formula is C7H8B2OS. The van der Waals surface area contributed by atoms with E-state index >= 15 is 0 Å². The minimum atomic E-state index is 0.352. The Hall–Kier alpha value is -0.500. The van der Waals surface area contributed by atoms with Gasteiger partial charge in [-0.3, -0.25) is 0 Å². The molecule has 2 heterocycles. The Morgan fingerprint density at radius 1 is 1.64 bits per heavy atom. The lowest BCUT2D eigenvalue weighted by Crippen LogP contribution is -2.22. The van der Waals surface area contributed by atoms with E-state index in [1.54, 1.807) is 11.3 Å². The summed E-state index contributed by atoms with van der Waals surface area (Å²) in [7, 11) is 2.79. The Balaban J connectivity index is 2.56. The Morgan fingerprint density at radius 3 is 3.18 bits per heavy atom. The summed E-state index contributed by atoms with van der Waals surface area (Å²) >= 11 is 1.70. The van der Waals surface area contributed by atoms with E-state index in [0.29, 0.717) is 5.68 Å². The largest absolute Gasteiger partial charge is 0.306 e. The molecule has 0 atom stereocenters. The molecule has 11 heavy (non-hydrogen) atoms. The van der Waals surface area contributed by atoms with Gasteiger partial charge in [-0.1, -0.05) is 6.32 Å². The molecule has 4 heteroatoms. The molecule has 0 amide bonds. The van der Waals surface area contributed by atoms with E-state index in [1.165, 1.54) is 10.3 Å². The van der Waals surface area contributed by atoms with Crippen LogP contribution in [0.4, 0.5) is 0 Å². The van der Waals surface area contributed by atoms with E-state index in [1.807, 2.05) is 7.85 Å². The number of hydrogen-bond donors (Lipinski definition) is 0. The predicted octanol–water partition coefficient (Wildman–Crippen LogP) is -0.442. The third-order valence-electron chi connectivity index (χ3n) is 2.18. The highest BCUT2D eigenvalue weighted by Gasteiger charge is 2.20. The van der Waals surface area contributed by atoms with Gasteiger partial charge >= 0.3 is 0 Å². The van der Waals surface area contributed by atoms with Crippen molar-refractivity contribution < 1.29 is 4.79 Å². The van der Waals surface area contributed by atoms with Crippen molar-refractivity contribution in [3.8, 4) is 0 Å². The summed E-state index contributed by atoms with van der Waals surface area (Å²) in [6.07, 6.45) is 2.15. The minimum Gasteiger partial charge on any atom is -0.306 e. The first-order valence-corrected chi connectivity index (χ1v) is 4.77. The van der Waals surface area contributed by atoms with Crippen molar-refractivity contribution >= 4 is 36.9 Å². The average molecular weight is 162 g/mol. The zero-order valence-corrected chi connectivity index (χ0v) is 7.33. The van der Waals surface area contributed by atoms with Gasteiger partial charge in [-0.2, -0.15) is 11.3 Å². The van der Waals surface area contributed by atoms with Crippen molar-refractivity contribution in [2.45, 2.75) is 12.7 Å². The molecule has 0 aliphatic carbocycles. The highest BCUT2D eigenvalue weighted by Crippen LogP contribution is 2.18. The van der Waals surface area contributed by atoms with E-state index in [-0.39, 0.29) is 0 Å². The molecular weight excluding hydrogens is 154 g/mol. The fourth-order valence-corrected chi connectivity index (χ4v) is 2.54. The number of rotatable bonds is 0. The summed E-state index contributed by atoms with van der Waals surface area (Å²) in [5, 5.41) is 2.13. The number of fused-ring (bicyclic) bond motifs is 1. The molecule has 0 saturated carbocycles. The van der Waals surface area contributed by atoms with E-state index < -0.39 is 0 Å². The molecule has 0 unspecified atom stereocenters. The zero-order valence-electron chi connectivity index (χ0n) is 6.52. The Bertz CT molecular complexity index is 305. The smallest absolute Gasteiger partial charge is 0.212 e. The van der Waals surface area contributed by atoms with E-state index in [9.17, 15) is 4.79 Å². The van der Waals surface area contributed by atoms with Crippen LogP contribution < -0.4 is 4.78 Å². The van der Waals surface area contributed by atoms with Crippen molar-refractivity contribution in [1.29, 1.82) is 0 Å². The van der Waals surface area contributed by atoms with Gasteiger partial charge in [-0.15, -0.1) is 0 Å². The molecule has 54 valence electrons. The minimum absolute atomic E-state index is 0.352. The van der Waals surface area contributed by atoms with Crippen LogP contribution in [-0.4, -0.2) is 20.8 Å². The van der Waals surface area contributed by atoms with Crippen LogP contribution in [0.25, 0.3) is 0 Å². The van der Waals surface area contributed by atoms with Crippen LogP contribution in [0.15, 0.2) is 5.38 Å². The van der Waals surface area contributed by atoms with Gasteiger partial charge in [-0.25, -0.2) is 0 Å². The van der Waals surface area contributed by atoms with Gasteiger partial charge < -0.3 is 4.79 Å². The number of hydrogen-bond acceptors (Lipinski definition) is 2. The van der Waals surface area contributed by atoms with Crippen LogP contribution in [0.2, 0.25) is 6.32 Å². The van der Waals surface area contributed by atoms with E-state index in [0.717, 1.165) is 25.6 Å². The van der Waals surface area contributed by atoms with Gasteiger partial charge in [0.25, 0.3) is 0 Å². The van der Waals surface area contributed by atoms with Gasteiger partial charge in [0.2, 0.25) is 7.28 Å². The fourth-order valence-electron chi connectivity index (χ4n) is 1.63. The van der Waals surface area contributed by atoms with Crippen LogP contribution >= 0.6 is 11.3 Å². The lowest BCUT2D eigenvalue weighted by Gasteiger charge is -2.09. The van der Waals surface area contributed by atoms with Gasteiger partial charge in [-0.05, 0) is 22.1 Å². The zero-order chi connectivity index (χ0) is 7.84. The second kappa shape index (κ2) is 2.52. The van der Waals surface area contributed by atoms with Gasteiger partial charge in [0.15, 0.2) is 7.85 Å². The van der Waals surface area contributed by atoms with Crippen molar-refractivity contribution in [1.82, 2.24) is 0 Å². The van der Waals surface area contributed by atoms with E-state index in [2.05, 4.69) is 5.38 Å². The maximum absolute atomic E-state index is 11.4. The fraction of sp³-hybridized carbons (Fsp3) is 0.286. The van der Waals surface area contributed by atoms with Crippen molar-refractivity contribution in [3.63, 3.8) is 0 Å². The van der Waals surface area contributed by atoms with Crippen LogP contribution in [0.5, 0.6) is 0 Å². The summed E-state index contributed by atoms with van der Waals surface area (Å²) in [4.78, 5) is 11.4. The van der Waals surface area contributed by atoms with E-state index in [4.69, 9.17) is 0 Å². The normalized spacial score (nSPS) is 15.8. The summed E-state index contributed by atoms with van der Waals surface area (Å²) in [5.41, 5.74) is 2.66. The molecule has 0 aromatic carbocycles. The van der Waals surface area contributed by atoms with Crippen LogP contribution in [0.1, 0.15) is 15.9 Å². The van der Waals surface area contributed by atoms with Gasteiger partial charge in [0.1, 0.15) is 5.68 Å². The highest BCUT2D eigenvalue weighted by molar-refractivity contribution is 7.19. The third kappa shape index (κ3) is 1.06. The first-order valence-electron chi connectivity index (χ1n) is 3.89. The molecule has 1 aromatic rings. The quantitative estimate of drug-likeness (QED) is 0.472. The second-order valence-corrected chi connectivity index (χ2v) is 4.05. The predicted molar refractivity (Wildman–Crippen MR) is 52.5 cm³/mol. The SMILES string of the molecule is Bc1scc2c1C(=O)BCC2. The average Bonchev–Trinajstić information content (AvgIpc) is 2.34. The molecule has 0 saturated heterocycles. The van der Waals surface area contributed by atoms with Gasteiger partial charge in [0, 0.05) is 5.56 Å². The summed E-state index contributed by atoms with van der Waals surface area (Å²) in [6, 6.07) is 0. The summed E-state index contributed by atoms with van der Waals surface area (Å²) < 4.78 is 1.20. The molecule has 0 fully saturated rings. The summed E-state index contributed by atoms with van der Waals surface area (Å²) in [6.45, 7) is 0. The standard InChI is InChI=1S/C7H8B2OS/c8-6-5-4(3-11-6)1-2-9-7(5)10/h3,9H,1-2,8H2. The maximum Gasteiger partial charge on any atom is 0.212 e. The topological polar surface area (TPSA) is 17.1 Å². The Labute approximate surface area is 71.5 Å². The number of thiophene rings is 1. The molecule has 0 radical (unpaired) electrons. The molecule has 1 aliphatic heterocycles. The molecule has 2 rings (SSSR count). The maximum atomic E-state index is 11.4. The lowest BCUT2D eigenvalue weighted by atomic mass is 9.61. The van der Waals surface area contributed by atoms with Crippen molar-refractivity contribution in [2.24, 2.45) is 0 Å². The van der Waals surface area contributed by atoms with Crippen LogP contribution in [-0.2, 0) is 6.42 Å². The van der Waals surface area contributed by atoms with Crippen molar-refractivity contribution in [3.05, 3.63) is 16.5 Å². The molecule has 1 nitrogen and oxygen atoms in total. The Kier molecular flexibility index (Phi) is 1.64. The highest BCUT2D eigenvalue weighted by atomic mass is 32.1. The molecule has 0 N–H and O–H groups in total. The van der Waals surface area contributed by atoms with Crippen LogP contribution in [0, 0.1) is 0 Å². The first-order chi connectivity index (χ1) is 5.29. The third-order valence-corrected chi connectivity index (χ3v) is 3.14. The van der Waals surface area contributed by atoms with Crippen molar-refractivity contribution in [2.75, 3.05) is 0 Å². The molecule has 1 aromatic heterocycles. The lowest BCUT2D eigenvalue weighted by molar-refractivity contribution is 0.107. The van der Waals surface area contributed by atoms with Gasteiger partial charge in [0.05, 0.1) is 0 Å². The molecule has 0 spiro atoms.